The fourth-order valence-electron chi connectivity index (χ4n) is 6.97. The van der Waals surface area contributed by atoms with Gasteiger partial charge >= 0.3 is 6.09 Å². The van der Waals surface area contributed by atoms with Crippen molar-refractivity contribution in [2.75, 3.05) is 45.5 Å². The van der Waals surface area contributed by atoms with Gasteiger partial charge in [-0.25, -0.2) is 26.6 Å². The predicted octanol–water partition coefficient (Wildman–Crippen LogP) is 7.92. The predicted molar refractivity (Wildman–Crippen MR) is 264 cm³/mol. The molecule has 2 N–H and O–H groups in total. The molecule has 2 aromatic heterocycles. The van der Waals surface area contributed by atoms with Gasteiger partial charge in [-0.3, -0.25) is 0 Å². The molecule has 17 nitrogen and oxygen atoms in total. The number of aromatic nitrogens is 5. The van der Waals surface area contributed by atoms with Crippen molar-refractivity contribution in [2.24, 2.45) is 0 Å². The molecule has 0 atom stereocenters. The van der Waals surface area contributed by atoms with Crippen LogP contribution >= 0.6 is 0 Å². The van der Waals surface area contributed by atoms with E-state index in [0.717, 1.165) is 5.56 Å². The number of carbonyl (C=O) groups excluding carboxylic acids is 1. The van der Waals surface area contributed by atoms with Crippen molar-refractivity contribution in [3.63, 3.8) is 0 Å². The second-order valence-electron chi connectivity index (χ2n) is 18.2. The number of ether oxygens (including phenoxy) is 4. The van der Waals surface area contributed by atoms with E-state index in [1.54, 1.807) is 127 Å². The number of methoxy groups -OCH3 is 3. The average Bonchev–Trinajstić information content (AvgIpc) is 3.77. The van der Waals surface area contributed by atoms with Crippen molar-refractivity contribution in [3.8, 4) is 39.8 Å². The lowest BCUT2D eigenvalue weighted by molar-refractivity contribution is 0.0530. The zero-order valence-electron chi connectivity index (χ0n) is 39.9. The maximum Gasteiger partial charge on any atom is 0.407 e. The quantitative estimate of drug-likeness (QED) is 0.0519. The van der Waals surface area contributed by atoms with Gasteiger partial charge in [-0.1, -0.05) is 62.1 Å². The van der Waals surface area contributed by atoms with Crippen LogP contribution in [-0.4, -0.2) is 106 Å². The molecule has 68 heavy (non-hydrogen) atoms. The third-order valence-electron chi connectivity index (χ3n) is 10.5. The number of sulfonamides is 1. The summed E-state index contributed by atoms with van der Waals surface area (Å²) in [5.41, 5.74) is 2.11. The topological polar surface area (TPSA) is 206 Å². The van der Waals surface area contributed by atoms with Crippen molar-refractivity contribution in [3.05, 3.63) is 120 Å². The van der Waals surface area contributed by atoms with Crippen LogP contribution in [0, 0.1) is 0 Å². The van der Waals surface area contributed by atoms with Crippen LogP contribution in [0.15, 0.2) is 113 Å². The maximum absolute atomic E-state index is 16.0. The molecule has 20 heteroatoms. The van der Waals surface area contributed by atoms with Gasteiger partial charge in [0.15, 0.2) is 9.84 Å². The molecule has 1 amide bonds. The van der Waals surface area contributed by atoms with Crippen molar-refractivity contribution in [1.82, 2.24) is 34.8 Å². The highest BCUT2D eigenvalue weighted by atomic mass is 32.2. The SMILES string of the molecule is COc1ccc(CN(Cc2ccc(OC)cc2)S(=O)(=O)c2c(S(=O)(=O)CC[Si](C)(C)C)ccc(-c3ccnc(NCCNC(=O)OC(C)(C)C)c3)c2-c2nnn(Cc3ccc(OC)cc3)n2)cc1. The number of hydrogen-bond acceptors (Lipinski definition) is 14. The second-order valence-corrected chi connectivity index (χ2v) is 27.8. The average molecular weight is 985 g/mol. The van der Waals surface area contributed by atoms with E-state index >= 15 is 8.42 Å². The highest BCUT2D eigenvalue weighted by Crippen LogP contribution is 2.42. The fourth-order valence-corrected chi connectivity index (χ4v) is 13.7. The summed E-state index contributed by atoms with van der Waals surface area (Å²) in [6.07, 6.45) is 0.975. The Morgan fingerprint density at radius 1 is 0.750 bits per heavy atom. The third-order valence-corrected chi connectivity index (χ3v) is 16.4. The van der Waals surface area contributed by atoms with Gasteiger partial charge in [0, 0.05) is 40.4 Å². The molecule has 362 valence electrons. The number of amides is 1. The zero-order valence-corrected chi connectivity index (χ0v) is 42.6. The molecular weight excluding hydrogens is 925 g/mol. The molecule has 0 aliphatic heterocycles. The third kappa shape index (κ3) is 13.6. The van der Waals surface area contributed by atoms with Crippen LogP contribution in [0.1, 0.15) is 37.5 Å². The van der Waals surface area contributed by atoms with Crippen LogP contribution in [0.25, 0.3) is 22.5 Å². The molecule has 4 aromatic carbocycles. The number of hydrogen-bond donors (Lipinski definition) is 2. The first-order valence-electron chi connectivity index (χ1n) is 21.9. The fraction of sp³-hybridized carbons (Fsp3) is 0.354. The molecule has 0 aliphatic rings. The number of nitrogens with zero attached hydrogens (tertiary/aromatic N) is 6. The molecule has 0 spiro atoms. The Balaban J connectivity index is 1.56. The van der Waals surface area contributed by atoms with Gasteiger partial charge in [0.25, 0.3) is 0 Å². The van der Waals surface area contributed by atoms with Crippen molar-refractivity contribution >= 4 is 39.8 Å². The van der Waals surface area contributed by atoms with Crippen LogP contribution < -0.4 is 24.8 Å². The van der Waals surface area contributed by atoms with Gasteiger partial charge in [-0.05, 0) is 114 Å². The number of tetrazole rings is 1. The molecule has 6 aromatic rings. The Bertz CT molecular complexity index is 2840. The summed E-state index contributed by atoms with van der Waals surface area (Å²) in [5.74, 6) is 1.83. The van der Waals surface area contributed by atoms with Crippen LogP contribution in [0.3, 0.4) is 0 Å². The number of sulfone groups is 1. The lowest BCUT2D eigenvalue weighted by Gasteiger charge is -2.26. The van der Waals surface area contributed by atoms with Gasteiger partial charge < -0.3 is 29.6 Å². The molecule has 0 fully saturated rings. The molecule has 6 rings (SSSR count). The van der Waals surface area contributed by atoms with E-state index in [9.17, 15) is 13.2 Å². The zero-order chi connectivity index (χ0) is 49.3. The summed E-state index contributed by atoms with van der Waals surface area (Å²) in [4.78, 5) is 17.3. The summed E-state index contributed by atoms with van der Waals surface area (Å²) in [6.45, 7) is 11.9. The van der Waals surface area contributed by atoms with E-state index in [4.69, 9.17) is 24.0 Å². The first-order chi connectivity index (χ1) is 32.2. The number of benzene rings is 4. The molecule has 0 bridgehead atoms. The van der Waals surface area contributed by atoms with Crippen molar-refractivity contribution < 1.29 is 40.6 Å². The lowest BCUT2D eigenvalue weighted by atomic mass is 10.00. The second kappa shape index (κ2) is 21.7. The van der Waals surface area contributed by atoms with E-state index in [1.165, 1.54) is 15.2 Å². The number of pyridine rings is 1. The first kappa shape index (κ1) is 51.0. The van der Waals surface area contributed by atoms with Crippen LogP contribution in [-0.2, 0) is 44.2 Å². The normalized spacial score (nSPS) is 12.1. The highest BCUT2D eigenvalue weighted by molar-refractivity contribution is 7.93. The summed E-state index contributed by atoms with van der Waals surface area (Å²) >= 11 is 0. The van der Waals surface area contributed by atoms with Gasteiger partial charge in [0.05, 0.1) is 44.1 Å². The molecular formula is C48H60N8O9S2Si. The Labute approximate surface area is 400 Å². The molecule has 0 unspecified atom stereocenters. The monoisotopic (exact) mass is 984 g/mol. The number of nitrogens with one attached hydrogen (secondary N) is 2. The Morgan fingerprint density at radius 3 is 1.84 bits per heavy atom. The number of rotatable bonds is 21. The van der Waals surface area contributed by atoms with E-state index in [0.29, 0.717) is 51.4 Å². The lowest BCUT2D eigenvalue weighted by Crippen LogP contribution is -2.35. The van der Waals surface area contributed by atoms with Gasteiger partial charge in [-0.15, -0.1) is 10.2 Å². The minimum Gasteiger partial charge on any atom is -0.497 e. The Morgan fingerprint density at radius 2 is 1.31 bits per heavy atom. The molecule has 0 saturated heterocycles. The van der Waals surface area contributed by atoms with Crippen molar-refractivity contribution in [2.45, 2.75) is 81.5 Å². The molecule has 0 radical (unpaired) electrons. The molecule has 0 aliphatic carbocycles. The van der Waals surface area contributed by atoms with Gasteiger partial charge in [0.2, 0.25) is 15.8 Å². The summed E-state index contributed by atoms with van der Waals surface area (Å²) < 4.78 is 84.5. The minimum atomic E-state index is -4.82. The Hall–Kier alpha value is -6.35. The first-order valence-corrected chi connectivity index (χ1v) is 28.7. The maximum atomic E-state index is 16.0. The molecule has 2 heterocycles. The smallest absolute Gasteiger partial charge is 0.407 e. The highest BCUT2D eigenvalue weighted by Gasteiger charge is 2.38. The summed E-state index contributed by atoms with van der Waals surface area (Å²) in [5, 5.41) is 19.5. The van der Waals surface area contributed by atoms with E-state index in [-0.39, 0.29) is 54.8 Å². The van der Waals surface area contributed by atoms with Crippen LogP contribution in [0.2, 0.25) is 25.7 Å². The minimum absolute atomic E-state index is 0.0572. The van der Waals surface area contributed by atoms with E-state index in [2.05, 4.69) is 45.6 Å². The Kier molecular flexibility index (Phi) is 16.3. The van der Waals surface area contributed by atoms with Crippen molar-refractivity contribution in [1.29, 1.82) is 0 Å². The standard InChI is InChI=1S/C48H60N8O9S2Si/c1-48(2,3)65-47(57)51-27-26-50-43-30-37(24-25-49-43)41-22-23-42(66(58,59)28-29-68(7,8)9)45(44(41)46-52-54-56(53-46)33-36-14-20-40(64-6)21-15-36)67(60,61)55(31-34-10-16-38(62-4)17-11-34)32-35-12-18-39(63-5)19-13-35/h10-25,30H,26-29,31-33H2,1-9H3,(H,49,50)(H,51,57). The number of anilines is 1. The van der Waals surface area contributed by atoms with E-state index in [1.807, 2.05) is 12.1 Å². The van der Waals surface area contributed by atoms with Gasteiger partial charge in [-0.2, -0.15) is 9.10 Å². The van der Waals surface area contributed by atoms with Crippen LogP contribution in [0.5, 0.6) is 17.2 Å². The number of carbonyl (C=O) groups is 1. The summed E-state index contributed by atoms with van der Waals surface area (Å²) in [6, 6.07) is 28.0. The molecule has 0 saturated carbocycles. The van der Waals surface area contributed by atoms with Gasteiger partial charge in [0.1, 0.15) is 33.6 Å². The largest absolute Gasteiger partial charge is 0.497 e. The number of alkyl carbamates (subject to hydrolysis) is 1. The van der Waals surface area contributed by atoms with Crippen LogP contribution in [0.4, 0.5) is 10.6 Å². The van der Waals surface area contributed by atoms with E-state index < -0.39 is 44.5 Å². The summed E-state index contributed by atoms with van der Waals surface area (Å²) in [7, 11) is -6.43.